The molecule has 0 saturated heterocycles. The van der Waals surface area contributed by atoms with Gasteiger partial charge in [0.1, 0.15) is 0 Å². The SMILES string of the molecule is COC([NH-])=O.[Y]. The molecular formula is C2H4NO2Y-. The number of nitrogens with one attached hydrogen (secondary N) is 1. The Morgan fingerprint density at radius 3 is 2.00 bits per heavy atom. The van der Waals surface area contributed by atoms with E-state index < -0.39 is 6.09 Å². The fourth-order valence-corrected chi connectivity index (χ4v) is 0. The van der Waals surface area contributed by atoms with Crippen molar-refractivity contribution in [2.24, 2.45) is 0 Å². The van der Waals surface area contributed by atoms with Gasteiger partial charge in [-0.25, -0.2) is 0 Å². The first-order valence-corrected chi connectivity index (χ1v) is 1.07. The summed E-state index contributed by atoms with van der Waals surface area (Å²) in [6.07, 6.45) is -0.995. The van der Waals surface area contributed by atoms with Gasteiger partial charge in [0.2, 0.25) is 6.09 Å². The van der Waals surface area contributed by atoms with Gasteiger partial charge in [-0.2, -0.15) is 0 Å². The molecule has 0 rings (SSSR count). The van der Waals surface area contributed by atoms with Crippen LogP contribution >= 0.6 is 0 Å². The van der Waals surface area contributed by atoms with Crippen molar-refractivity contribution in [3.63, 3.8) is 0 Å². The maximum Gasteiger partial charge on any atom is 0.226 e. The van der Waals surface area contributed by atoms with Crippen LogP contribution in [0.15, 0.2) is 0 Å². The summed E-state index contributed by atoms with van der Waals surface area (Å²) in [6.45, 7) is 0. The molecule has 0 fully saturated rings. The molecule has 3 nitrogen and oxygen atoms in total. The molecule has 1 radical (unpaired) electrons. The third-order valence-electron chi connectivity index (χ3n) is 0.185. The summed E-state index contributed by atoms with van der Waals surface area (Å²) in [7, 11) is 1.16. The summed E-state index contributed by atoms with van der Waals surface area (Å²) in [5, 5.41) is 0. The molecule has 1 N–H and O–H groups in total. The molecule has 0 unspecified atom stereocenters. The maximum absolute atomic E-state index is 9.26. The number of rotatable bonds is 0. The molecule has 0 saturated carbocycles. The van der Waals surface area contributed by atoms with Crippen molar-refractivity contribution in [1.82, 2.24) is 0 Å². The van der Waals surface area contributed by atoms with E-state index in [4.69, 9.17) is 5.73 Å². The van der Waals surface area contributed by atoms with Crippen molar-refractivity contribution in [3.05, 3.63) is 5.73 Å². The average Bonchev–Trinajstić information content (AvgIpc) is 1.38. The van der Waals surface area contributed by atoms with Crippen LogP contribution in [0.4, 0.5) is 4.79 Å². The molecule has 0 aromatic carbocycles. The van der Waals surface area contributed by atoms with Crippen LogP contribution in [-0.2, 0) is 37.4 Å². The van der Waals surface area contributed by atoms with Crippen LogP contribution in [0.1, 0.15) is 0 Å². The zero-order valence-corrected chi connectivity index (χ0v) is 6.23. The maximum atomic E-state index is 9.26. The molecule has 33 valence electrons. The van der Waals surface area contributed by atoms with Crippen LogP contribution in [0, 0.1) is 0 Å². The summed E-state index contributed by atoms with van der Waals surface area (Å²) in [6, 6.07) is 0. The quantitative estimate of drug-likeness (QED) is 0.530. The predicted molar refractivity (Wildman–Crippen MR) is 16.7 cm³/mol. The number of carbonyl (C=O) groups is 1. The summed E-state index contributed by atoms with van der Waals surface area (Å²) < 4.78 is 3.78. The molecule has 0 spiro atoms. The van der Waals surface area contributed by atoms with Crippen molar-refractivity contribution >= 4 is 6.09 Å². The van der Waals surface area contributed by atoms with Crippen molar-refractivity contribution in [1.29, 1.82) is 0 Å². The topological polar surface area (TPSA) is 50.1 Å². The molecule has 0 aliphatic heterocycles. The Hall–Kier alpha value is 0.374. The largest absolute Gasteiger partial charge is 0.632 e. The van der Waals surface area contributed by atoms with E-state index in [1.807, 2.05) is 0 Å². The number of carbonyl (C=O) groups excluding carboxylic acids is 1. The Bertz CT molecular complexity index is 46.8. The minimum absolute atomic E-state index is 0. The molecular weight excluding hydrogens is 159 g/mol. The van der Waals surface area contributed by atoms with E-state index in [0.717, 1.165) is 7.11 Å². The number of hydrogen-bond donors (Lipinski definition) is 0. The summed E-state index contributed by atoms with van der Waals surface area (Å²) in [5.74, 6) is 0. The third kappa shape index (κ3) is 8.84. The molecule has 0 bridgehead atoms. The van der Waals surface area contributed by atoms with Gasteiger partial charge in [-0.15, -0.1) is 0 Å². The first-order chi connectivity index (χ1) is 2.27. The number of hydrogen-bond acceptors (Lipinski definition) is 2. The van der Waals surface area contributed by atoms with E-state index in [9.17, 15) is 4.79 Å². The Balaban J connectivity index is 0. The van der Waals surface area contributed by atoms with Crippen LogP contribution in [0.25, 0.3) is 5.73 Å². The number of ether oxygens (including phenoxy) is 1. The van der Waals surface area contributed by atoms with Gasteiger partial charge < -0.3 is 10.5 Å². The molecule has 6 heavy (non-hydrogen) atoms. The summed E-state index contributed by atoms with van der Waals surface area (Å²) in [5.41, 5.74) is 5.97. The normalized spacial score (nSPS) is 5.50. The van der Waals surface area contributed by atoms with E-state index in [-0.39, 0.29) is 32.7 Å². The molecule has 0 heterocycles. The van der Waals surface area contributed by atoms with Crippen molar-refractivity contribution in [3.8, 4) is 0 Å². The standard InChI is InChI=1S/C2H5NO2.Y/c1-5-2(3)4;/h1H3,(H2,3,4);/p-1. The van der Waals surface area contributed by atoms with E-state index >= 15 is 0 Å². The van der Waals surface area contributed by atoms with Gasteiger partial charge in [-0.1, -0.05) is 0 Å². The van der Waals surface area contributed by atoms with Crippen LogP contribution in [-0.4, -0.2) is 13.2 Å². The summed E-state index contributed by atoms with van der Waals surface area (Å²) in [4.78, 5) is 9.26. The Kier molecular flexibility index (Phi) is 8.62. The Morgan fingerprint density at radius 1 is 1.83 bits per heavy atom. The molecule has 0 atom stereocenters. The van der Waals surface area contributed by atoms with E-state index in [1.165, 1.54) is 0 Å². The zero-order chi connectivity index (χ0) is 4.28. The second-order valence-corrected chi connectivity index (χ2v) is 0.492. The second-order valence-electron chi connectivity index (χ2n) is 0.492. The second kappa shape index (κ2) is 5.37. The average molecular weight is 163 g/mol. The van der Waals surface area contributed by atoms with Gasteiger partial charge in [0.05, 0.1) is 7.11 Å². The minimum Gasteiger partial charge on any atom is -0.632 e. The van der Waals surface area contributed by atoms with Crippen LogP contribution in [0.5, 0.6) is 0 Å². The van der Waals surface area contributed by atoms with Crippen LogP contribution < -0.4 is 0 Å². The smallest absolute Gasteiger partial charge is 0.226 e. The first-order valence-electron chi connectivity index (χ1n) is 1.07. The van der Waals surface area contributed by atoms with Crippen molar-refractivity contribution in [2.45, 2.75) is 0 Å². The molecule has 1 amide bonds. The molecule has 0 aliphatic rings. The molecule has 0 aliphatic carbocycles. The number of methoxy groups -OCH3 is 1. The van der Waals surface area contributed by atoms with Gasteiger partial charge in [-0.3, -0.25) is 4.79 Å². The Labute approximate surface area is 61.1 Å². The summed E-state index contributed by atoms with van der Waals surface area (Å²) >= 11 is 0. The van der Waals surface area contributed by atoms with Gasteiger partial charge in [0.15, 0.2) is 0 Å². The van der Waals surface area contributed by atoms with Gasteiger partial charge in [0, 0.05) is 32.7 Å². The van der Waals surface area contributed by atoms with Crippen molar-refractivity contribution in [2.75, 3.05) is 7.11 Å². The van der Waals surface area contributed by atoms with E-state index in [0.29, 0.717) is 0 Å². The zero-order valence-electron chi connectivity index (χ0n) is 3.39. The van der Waals surface area contributed by atoms with E-state index in [1.54, 1.807) is 0 Å². The van der Waals surface area contributed by atoms with Crippen LogP contribution in [0.3, 0.4) is 0 Å². The molecule has 4 heteroatoms. The van der Waals surface area contributed by atoms with Gasteiger partial charge in [0.25, 0.3) is 0 Å². The van der Waals surface area contributed by atoms with E-state index in [2.05, 4.69) is 4.74 Å². The minimum atomic E-state index is -0.995. The monoisotopic (exact) mass is 163 g/mol. The fraction of sp³-hybridized carbons (Fsp3) is 0.500. The molecule has 0 aromatic heterocycles. The Morgan fingerprint density at radius 2 is 2.00 bits per heavy atom. The fourth-order valence-electron chi connectivity index (χ4n) is 0. The number of amides is 1. The predicted octanol–water partition coefficient (Wildman–Crippen LogP) is 0.802. The van der Waals surface area contributed by atoms with Gasteiger partial charge >= 0.3 is 0 Å². The van der Waals surface area contributed by atoms with Crippen LogP contribution in [0.2, 0.25) is 0 Å². The first kappa shape index (κ1) is 9.62. The molecule has 0 aromatic rings. The van der Waals surface area contributed by atoms with Crippen molar-refractivity contribution < 1.29 is 42.2 Å². The third-order valence-corrected chi connectivity index (χ3v) is 0.185. The van der Waals surface area contributed by atoms with Gasteiger partial charge in [-0.05, 0) is 0 Å².